The quantitative estimate of drug-likeness (QED) is 0.409. The van der Waals surface area contributed by atoms with Crippen LogP contribution in [0.15, 0.2) is 23.4 Å². The Balaban J connectivity index is 3.18. The van der Waals surface area contributed by atoms with Gasteiger partial charge in [-0.2, -0.15) is 0 Å². The van der Waals surface area contributed by atoms with E-state index in [1.165, 1.54) is 12.1 Å². The molecule has 0 aliphatic heterocycles. The summed E-state index contributed by atoms with van der Waals surface area (Å²) in [6.07, 6.45) is 0. The molecule has 0 bridgehead atoms. The monoisotopic (exact) mass is 187 g/mol. The van der Waals surface area contributed by atoms with E-state index in [1.54, 1.807) is 13.0 Å². The van der Waals surface area contributed by atoms with E-state index in [0.717, 1.165) is 5.56 Å². The molecule has 2 nitrogen and oxygen atoms in total. The third-order valence-corrected chi connectivity index (χ3v) is 1.71. The molecule has 0 saturated carbocycles. The zero-order valence-electron chi connectivity index (χ0n) is 6.38. The van der Waals surface area contributed by atoms with Crippen LogP contribution in [0.25, 0.3) is 0 Å². The molecule has 0 heterocycles. The third-order valence-electron chi connectivity index (χ3n) is 1.43. The lowest BCUT2D eigenvalue weighted by Gasteiger charge is -1.99. The minimum absolute atomic E-state index is 0.102. The molecule has 1 rings (SSSR count). The molecule has 0 aliphatic carbocycles. The maximum atomic E-state index is 13.0. The van der Waals surface area contributed by atoms with Crippen LogP contribution in [0, 0.1) is 12.7 Å². The molecule has 1 aromatic carbocycles. The molecule has 0 atom stereocenters. The summed E-state index contributed by atoms with van der Waals surface area (Å²) in [5.74, 6) is -0.488. The van der Waals surface area contributed by atoms with Crippen LogP contribution in [-0.4, -0.2) is 10.4 Å². The summed E-state index contributed by atoms with van der Waals surface area (Å²) in [7, 11) is 0. The number of oxime groups is 1. The Kier molecular flexibility index (Phi) is 2.65. The van der Waals surface area contributed by atoms with Gasteiger partial charge in [0.1, 0.15) is 5.82 Å². The van der Waals surface area contributed by atoms with Crippen molar-refractivity contribution in [2.24, 2.45) is 5.16 Å². The van der Waals surface area contributed by atoms with Gasteiger partial charge in [0, 0.05) is 0 Å². The molecule has 0 radical (unpaired) electrons. The van der Waals surface area contributed by atoms with Gasteiger partial charge in [-0.1, -0.05) is 22.8 Å². The van der Waals surface area contributed by atoms with Crippen LogP contribution in [0.3, 0.4) is 0 Å². The van der Waals surface area contributed by atoms with Gasteiger partial charge in [0.15, 0.2) is 5.17 Å². The number of rotatable bonds is 1. The summed E-state index contributed by atoms with van der Waals surface area (Å²) in [5.41, 5.74) is 0.892. The first-order chi connectivity index (χ1) is 5.65. The minimum Gasteiger partial charge on any atom is -0.410 e. The zero-order valence-corrected chi connectivity index (χ0v) is 7.14. The molecule has 0 spiro atoms. The Morgan fingerprint density at radius 1 is 1.58 bits per heavy atom. The predicted molar refractivity (Wildman–Crippen MR) is 45.3 cm³/mol. The molecule has 1 N–H and O–H groups in total. The van der Waals surface area contributed by atoms with Gasteiger partial charge in [-0.15, -0.1) is 0 Å². The smallest absolute Gasteiger partial charge is 0.178 e. The lowest BCUT2D eigenvalue weighted by molar-refractivity contribution is 0.320. The molecule has 12 heavy (non-hydrogen) atoms. The third kappa shape index (κ3) is 1.74. The van der Waals surface area contributed by atoms with Crippen molar-refractivity contribution in [3.8, 4) is 0 Å². The SMILES string of the molecule is Cc1ccc(C(Cl)=NO)c(F)c1. The van der Waals surface area contributed by atoms with Gasteiger partial charge in [-0.3, -0.25) is 0 Å². The number of aryl methyl sites for hydroxylation is 1. The largest absolute Gasteiger partial charge is 0.410 e. The number of halogens is 2. The van der Waals surface area contributed by atoms with E-state index in [9.17, 15) is 4.39 Å². The van der Waals surface area contributed by atoms with Crippen molar-refractivity contribution in [3.05, 3.63) is 35.1 Å². The number of hydrogen-bond donors (Lipinski definition) is 1. The Morgan fingerprint density at radius 2 is 2.25 bits per heavy atom. The lowest BCUT2D eigenvalue weighted by Crippen LogP contribution is -1.96. The number of nitrogens with zero attached hydrogens (tertiary/aromatic N) is 1. The van der Waals surface area contributed by atoms with Crippen LogP contribution < -0.4 is 0 Å². The molecule has 0 saturated heterocycles. The first kappa shape index (κ1) is 9.00. The topological polar surface area (TPSA) is 32.6 Å². The van der Waals surface area contributed by atoms with E-state index in [4.69, 9.17) is 16.8 Å². The van der Waals surface area contributed by atoms with Gasteiger partial charge in [-0.05, 0) is 24.6 Å². The second-order valence-corrected chi connectivity index (χ2v) is 2.73. The van der Waals surface area contributed by atoms with Crippen LogP contribution in [0.2, 0.25) is 0 Å². The summed E-state index contributed by atoms with van der Waals surface area (Å²) in [4.78, 5) is 0. The maximum absolute atomic E-state index is 13.0. The summed E-state index contributed by atoms with van der Waals surface area (Å²) >= 11 is 5.41. The first-order valence-corrected chi connectivity index (χ1v) is 3.67. The van der Waals surface area contributed by atoms with Crippen molar-refractivity contribution >= 4 is 16.8 Å². The van der Waals surface area contributed by atoms with E-state index in [-0.39, 0.29) is 10.7 Å². The highest BCUT2D eigenvalue weighted by Crippen LogP contribution is 2.12. The van der Waals surface area contributed by atoms with Gasteiger partial charge in [0.25, 0.3) is 0 Å². The van der Waals surface area contributed by atoms with E-state index in [1.807, 2.05) is 0 Å². The molecule has 0 unspecified atom stereocenters. The normalized spacial score (nSPS) is 11.8. The summed E-state index contributed by atoms with van der Waals surface area (Å²) in [6.45, 7) is 1.76. The average Bonchev–Trinajstić information content (AvgIpc) is 2.03. The fourth-order valence-corrected chi connectivity index (χ4v) is 0.995. The van der Waals surface area contributed by atoms with Crippen molar-refractivity contribution < 1.29 is 9.60 Å². The van der Waals surface area contributed by atoms with Gasteiger partial charge < -0.3 is 5.21 Å². The van der Waals surface area contributed by atoms with Crippen molar-refractivity contribution in [1.29, 1.82) is 0 Å². The fourth-order valence-electron chi connectivity index (χ4n) is 0.841. The molecule has 0 fully saturated rings. The highest BCUT2D eigenvalue weighted by Gasteiger charge is 2.06. The average molecular weight is 188 g/mol. The standard InChI is InChI=1S/C8H7ClFNO/c1-5-2-3-6(7(10)4-5)8(9)11-12/h2-4,12H,1H3. The predicted octanol–water partition coefficient (Wildman–Crippen LogP) is 2.51. The van der Waals surface area contributed by atoms with Crippen molar-refractivity contribution in [3.63, 3.8) is 0 Å². The van der Waals surface area contributed by atoms with Crippen LogP contribution in [0.1, 0.15) is 11.1 Å². The second kappa shape index (κ2) is 3.54. The summed E-state index contributed by atoms with van der Waals surface area (Å²) < 4.78 is 13.0. The molecule has 1 aromatic rings. The van der Waals surface area contributed by atoms with E-state index < -0.39 is 5.82 Å². The van der Waals surface area contributed by atoms with Gasteiger partial charge >= 0.3 is 0 Å². The van der Waals surface area contributed by atoms with Gasteiger partial charge in [0.05, 0.1) is 5.56 Å². The van der Waals surface area contributed by atoms with E-state index in [2.05, 4.69) is 5.16 Å². The van der Waals surface area contributed by atoms with E-state index >= 15 is 0 Å². The molecular weight excluding hydrogens is 181 g/mol. The fraction of sp³-hybridized carbons (Fsp3) is 0.125. The lowest BCUT2D eigenvalue weighted by atomic mass is 10.1. The molecular formula is C8H7ClFNO. The first-order valence-electron chi connectivity index (χ1n) is 3.29. The van der Waals surface area contributed by atoms with Gasteiger partial charge in [-0.25, -0.2) is 4.39 Å². The van der Waals surface area contributed by atoms with Gasteiger partial charge in [0.2, 0.25) is 0 Å². The molecule has 0 aliphatic rings. The molecule has 0 amide bonds. The Hall–Kier alpha value is -1.09. The van der Waals surface area contributed by atoms with Crippen molar-refractivity contribution in [2.45, 2.75) is 6.92 Å². The Labute approximate surface area is 74.3 Å². The molecule has 64 valence electrons. The van der Waals surface area contributed by atoms with Crippen LogP contribution in [0.5, 0.6) is 0 Å². The Morgan fingerprint density at radius 3 is 2.75 bits per heavy atom. The zero-order chi connectivity index (χ0) is 9.14. The van der Waals surface area contributed by atoms with Crippen molar-refractivity contribution in [2.75, 3.05) is 0 Å². The van der Waals surface area contributed by atoms with Crippen LogP contribution in [-0.2, 0) is 0 Å². The molecule has 4 heteroatoms. The molecule has 0 aromatic heterocycles. The second-order valence-electron chi connectivity index (χ2n) is 2.37. The van der Waals surface area contributed by atoms with Crippen molar-refractivity contribution in [1.82, 2.24) is 0 Å². The number of benzene rings is 1. The highest BCUT2D eigenvalue weighted by atomic mass is 35.5. The van der Waals surface area contributed by atoms with Crippen LogP contribution in [0.4, 0.5) is 4.39 Å². The minimum atomic E-state index is -0.488. The van der Waals surface area contributed by atoms with E-state index in [0.29, 0.717) is 0 Å². The maximum Gasteiger partial charge on any atom is 0.178 e. The Bertz CT molecular complexity index is 325. The highest BCUT2D eigenvalue weighted by molar-refractivity contribution is 6.69. The summed E-state index contributed by atoms with van der Waals surface area (Å²) in [6, 6.07) is 4.47. The van der Waals surface area contributed by atoms with Crippen LogP contribution >= 0.6 is 11.6 Å². The summed E-state index contributed by atoms with van der Waals surface area (Å²) in [5, 5.41) is 10.7. The number of hydrogen-bond acceptors (Lipinski definition) is 2.